The van der Waals surface area contributed by atoms with E-state index >= 15 is 0 Å². The van der Waals surface area contributed by atoms with E-state index in [1.54, 1.807) is 26.8 Å². The van der Waals surface area contributed by atoms with E-state index in [0.717, 1.165) is 6.42 Å². The van der Waals surface area contributed by atoms with Crippen LogP contribution in [0.5, 0.6) is 0 Å². The summed E-state index contributed by atoms with van der Waals surface area (Å²) in [4.78, 5) is 26.9. The minimum absolute atomic E-state index is 0.0454. The van der Waals surface area contributed by atoms with Crippen LogP contribution in [0.15, 0.2) is 34.9 Å². The fraction of sp³-hybridized carbons (Fsp3) is 0.680. The van der Waals surface area contributed by atoms with Crippen LogP contribution in [-0.2, 0) is 14.3 Å². The average Bonchev–Trinajstić information content (AvgIpc) is 3.21. The van der Waals surface area contributed by atoms with Crippen LogP contribution in [0.25, 0.3) is 0 Å². The number of alkyl halides is 1. The van der Waals surface area contributed by atoms with Gasteiger partial charge in [-0.3, -0.25) is 4.79 Å². The molecular formula is C25H33BrO5. The molecule has 0 heterocycles. The number of aliphatic hydroxyl groups is 2. The molecule has 31 heavy (non-hydrogen) atoms. The molecule has 2 N–H and O–H groups in total. The first kappa shape index (κ1) is 22.9. The molecule has 1 spiro atoms. The molecule has 0 unspecified atom stereocenters. The zero-order valence-corrected chi connectivity index (χ0v) is 20.7. The number of rotatable bonds is 3. The number of hydrogen-bond donors (Lipinski definition) is 2. The lowest BCUT2D eigenvalue weighted by Crippen LogP contribution is -2.65. The third-order valence-electron chi connectivity index (χ3n) is 8.85. The second-order valence-corrected chi connectivity index (χ2v) is 11.2. The number of carbonyl (C=O) groups excluding carboxylic acids is 2. The van der Waals surface area contributed by atoms with Gasteiger partial charge in [0, 0.05) is 16.8 Å². The minimum Gasteiger partial charge on any atom is -0.451 e. The first-order valence-corrected chi connectivity index (χ1v) is 12.3. The number of allylic oxidation sites excluding steroid dienone is 2. The Morgan fingerprint density at radius 2 is 2.03 bits per heavy atom. The molecule has 2 saturated carbocycles. The molecule has 2 bridgehead atoms. The number of hydrogen-bond acceptors (Lipinski definition) is 5. The molecule has 6 heteroatoms. The molecule has 0 aromatic rings. The first-order valence-electron chi connectivity index (χ1n) is 11.1. The highest BCUT2D eigenvalue weighted by atomic mass is 79.9. The topological polar surface area (TPSA) is 83.8 Å². The normalized spacial score (nSPS) is 45.6. The van der Waals surface area contributed by atoms with Gasteiger partial charge in [0.1, 0.15) is 6.10 Å². The maximum absolute atomic E-state index is 14.2. The zero-order chi connectivity index (χ0) is 23.1. The molecule has 0 saturated heterocycles. The number of carbonyl (C=O) groups is 2. The Bertz CT molecular complexity index is 930. The zero-order valence-electron chi connectivity index (χ0n) is 19.1. The molecule has 4 aliphatic rings. The van der Waals surface area contributed by atoms with E-state index in [-0.39, 0.29) is 29.0 Å². The summed E-state index contributed by atoms with van der Waals surface area (Å²) in [5.41, 5.74) is -1.61. The van der Waals surface area contributed by atoms with E-state index in [0.29, 0.717) is 28.0 Å². The predicted molar refractivity (Wildman–Crippen MR) is 121 cm³/mol. The largest absolute Gasteiger partial charge is 0.451 e. The molecule has 4 rings (SSSR count). The van der Waals surface area contributed by atoms with Crippen LogP contribution in [0.4, 0.5) is 0 Å². The van der Waals surface area contributed by atoms with Gasteiger partial charge in [-0.2, -0.15) is 0 Å². The maximum atomic E-state index is 14.2. The molecule has 2 fully saturated rings. The van der Waals surface area contributed by atoms with Gasteiger partial charge in [-0.25, -0.2) is 4.79 Å². The van der Waals surface area contributed by atoms with Crippen LogP contribution < -0.4 is 0 Å². The van der Waals surface area contributed by atoms with Gasteiger partial charge in [0.15, 0.2) is 17.5 Å². The van der Waals surface area contributed by atoms with Crippen molar-refractivity contribution in [2.45, 2.75) is 65.8 Å². The van der Waals surface area contributed by atoms with E-state index in [9.17, 15) is 19.8 Å². The number of halogens is 1. The fourth-order valence-electron chi connectivity index (χ4n) is 6.89. The van der Waals surface area contributed by atoms with Gasteiger partial charge in [0.2, 0.25) is 0 Å². The summed E-state index contributed by atoms with van der Waals surface area (Å²) >= 11 is 3.45. The number of ketones is 1. The van der Waals surface area contributed by atoms with Crippen molar-refractivity contribution in [3.05, 3.63) is 34.9 Å². The lowest BCUT2D eigenvalue weighted by Gasteiger charge is -2.48. The SMILES string of the molecule is CC=C(C)C(=O)O[C@H]1C(C)=C[C@]23C(=O)[C@@H](C=C(CBr)[C@@H](O)[C@]12O)[C@H]1[C@@H](C[C@H]3C)C1(C)C. The van der Waals surface area contributed by atoms with Crippen molar-refractivity contribution in [3.63, 3.8) is 0 Å². The molecule has 0 aliphatic heterocycles. The third-order valence-corrected chi connectivity index (χ3v) is 9.50. The number of Topliss-reactive ketones (excluding diaryl/α,β-unsaturated/α-hetero) is 1. The van der Waals surface area contributed by atoms with Crippen LogP contribution in [0.3, 0.4) is 0 Å². The molecule has 0 radical (unpaired) electrons. The summed E-state index contributed by atoms with van der Waals surface area (Å²) < 4.78 is 5.79. The van der Waals surface area contributed by atoms with E-state index in [1.807, 2.05) is 19.1 Å². The first-order chi connectivity index (χ1) is 14.4. The summed E-state index contributed by atoms with van der Waals surface area (Å²) in [7, 11) is 0. The molecular weight excluding hydrogens is 460 g/mol. The van der Waals surface area contributed by atoms with Crippen LogP contribution in [0.2, 0.25) is 0 Å². The Morgan fingerprint density at radius 1 is 1.39 bits per heavy atom. The van der Waals surface area contributed by atoms with Gasteiger partial charge in [-0.05, 0) is 61.5 Å². The standard InChI is InChI=1S/C25H33BrO5/c1-7-12(2)22(29)31-21-13(3)10-24-14(4)8-17-18(23(17,5)6)16(20(24)28)9-15(11-26)19(27)25(21,24)30/h7,9-10,14,16-19,21,27,30H,8,11H2,1-6H3/t14-,16+,17-,18+,19-,21+,24+,25+/m1/s1. The third kappa shape index (κ3) is 2.74. The lowest BCUT2D eigenvalue weighted by molar-refractivity contribution is -0.200. The number of ether oxygens (including phenoxy) is 1. The maximum Gasteiger partial charge on any atom is 0.334 e. The second kappa shape index (κ2) is 7.13. The van der Waals surface area contributed by atoms with Crippen molar-refractivity contribution in [2.24, 2.45) is 34.5 Å². The highest BCUT2D eigenvalue weighted by Crippen LogP contribution is 2.71. The van der Waals surface area contributed by atoms with Crippen molar-refractivity contribution < 1.29 is 24.5 Å². The average molecular weight is 493 g/mol. The van der Waals surface area contributed by atoms with Crippen LogP contribution in [0, 0.1) is 34.5 Å². The quantitative estimate of drug-likeness (QED) is 0.271. The summed E-state index contributed by atoms with van der Waals surface area (Å²) in [5.74, 6) is -0.632. The van der Waals surface area contributed by atoms with Crippen LogP contribution in [-0.4, -0.2) is 45.1 Å². The van der Waals surface area contributed by atoms with Crippen molar-refractivity contribution in [1.82, 2.24) is 0 Å². The smallest absolute Gasteiger partial charge is 0.334 e. The van der Waals surface area contributed by atoms with Gasteiger partial charge >= 0.3 is 5.97 Å². The minimum atomic E-state index is -1.95. The van der Waals surface area contributed by atoms with Crippen molar-refractivity contribution in [2.75, 3.05) is 5.33 Å². The molecule has 0 amide bonds. The molecule has 0 aromatic carbocycles. The molecule has 4 aliphatic carbocycles. The summed E-state index contributed by atoms with van der Waals surface area (Å²) in [5, 5.41) is 24.2. The Hall–Kier alpha value is -1.24. The van der Waals surface area contributed by atoms with Gasteiger partial charge in [0.25, 0.3) is 0 Å². The van der Waals surface area contributed by atoms with Gasteiger partial charge in [-0.1, -0.05) is 54.9 Å². The predicted octanol–water partition coefficient (Wildman–Crippen LogP) is 3.73. The highest BCUT2D eigenvalue weighted by Gasteiger charge is 2.76. The van der Waals surface area contributed by atoms with Gasteiger partial charge < -0.3 is 14.9 Å². The molecule has 5 nitrogen and oxygen atoms in total. The van der Waals surface area contributed by atoms with E-state index in [4.69, 9.17) is 4.74 Å². The van der Waals surface area contributed by atoms with E-state index in [1.165, 1.54) is 0 Å². The fourth-order valence-corrected chi connectivity index (χ4v) is 7.38. The van der Waals surface area contributed by atoms with Crippen LogP contribution in [0.1, 0.15) is 48.0 Å². The van der Waals surface area contributed by atoms with Crippen molar-refractivity contribution in [3.8, 4) is 0 Å². The number of fused-ring (bicyclic) bond motifs is 3. The lowest BCUT2D eigenvalue weighted by atomic mass is 9.59. The summed E-state index contributed by atoms with van der Waals surface area (Å²) in [6.07, 6.45) is 3.68. The monoisotopic (exact) mass is 492 g/mol. The van der Waals surface area contributed by atoms with Crippen molar-refractivity contribution in [1.29, 1.82) is 0 Å². The van der Waals surface area contributed by atoms with E-state index < -0.39 is 29.2 Å². The van der Waals surface area contributed by atoms with Gasteiger partial charge in [0.05, 0.1) is 5.41 Å². The van der Waals surface area contributed by atoms with Crippen molar-refractivity contribution >= 4 is 27.7 Å². The van der Waals surface area contributed by atoms with Crippen LogP contribution >= 0.6 is 15.9 Å². The van der Waals surface area contributed by atoms with E-state index in [2.05, 4.69) is 29.8 Å². The summed E-state index contributed by atoms with van der Waals surface area (Å²) in [6, 6.07) is 0. The number of aliphatic hydroxyl groups excluding tert-OH is 1. The number of esters is 1. The molecule has 170 valence electrons. The molecule has 8 atom stereocenters. The Morgan fingerprint density at radius 3 is 2.61 bits per heavy atom. The second-order valence-electron chi connectivity index (χ2n) is 10.6. The summed E-state index contributed by atoms with van der Waals surface area (Å²) in [6.45, 7) is 11.6. The highest BCUT2D eigenvalue weighted by molar-refractivity contribution is 9.09. The Kier molecular flexibility index (Phi) is 5.27. The Balaban J connectivity index is 1.91. The van der Waals surface area contributed by atoms with Gasteiger partial charge in [-0.15, -0.1) is 0 Å². The Labute approximate surface area is 192 Å². The molecule has 0 aromatic heterocycles.